The second-order valence-corrected chi connectivity index (χ2v) is 6.86. The molecule has 1 aromatic heterocycles. The summed E-state index contributed by atoms with van der Waals surface area (Å²) in [6.07, 6.45) is 1.89. The predicted octanol–water partition coefficient (Wildman–Crippen LogP) is 4.39. The number of halogens is 1. The maximum Gasteiger partial charge on any atom is 0.329 e. The molecule has 0 aliphatic heterocycles. The molecule has 6 heteroatoms. The fourth-order valence-electron chi connectivity index (χ4n) is 3.14. The molecule has 3 rings (SSSR count). The summed E-state index contributed by atoms with van der Waals surface area (Å²) < 4.78 is 6.56. The van der Waals surface area contributed by atoms with Crippen LogP contribution in [0.5, 0.6) is 0 Å². The summed E-state index contributed by atoms with van der Waals surface area (Å²) in [6, 6.07) is 18.8. The van der Waals surface area contributed by atoms with E-state index in [-0.39, 0.29) is 12.2 Å². The first-order valence-electron chi connectivity index (χ1n) is 9.16. The van der Waals surface area contributed by atoms with Crippen molar-refractivity contribution in [1.29, 1.82) is 5.26 Å². The largest absolute Gasteiger partial charge is 0.464 e. The van der Waals surface area contributed by atoms with Crippen LogP contribution >= 0.6 is 11.6 Å². The number of benzene rings is 2. The summed E-state index contributed by atoms with van der Waals surface area (Å²) in [5, 5.41) is 9.81. The van der Waals surface area contributed by atoms with Gasteiger partial charge in [-0.2, -0.15) is 5.26 Å². The predicted molar refractivity (Wildman–Crippen MR) is 112 cm³/mol. The summed E-state index contributed by atoms with van der Waals surface area (Å²) in [5.41, 5.74) is 2.11. The number of carbonyl (C=O) groups is 1. The Balaban J connectivity index is 2.02. The number of rotatable bonds is 6. The van der Waals surface area contributed by atoms with Gasteiger partial charge in [0.2, 0.25) is 0 Å². The molecule has 0 saturated carbocycles. The van der Waals surface area contributed by atoms with Gasteiger partial charge in [0.1, 0.15) is 6.04 Å². The highest BCUT2D eigenvalue weighted by molar-refractivity contribution is 6.30. The van der Waals surface area contributed by atoms with E-state index in [9.17, 15) is 14.9 Å². The highest BCUT2D eigenvalue weighted by atomic mass is 35.5. The molecule has 29 heavy (non-hydrogen) atoms. The van der Waals surface area contributed by atoms with E-state index >= 15 is 0 Å². The van der Waals surface area contributed by atoms with Crippen LogP contribution in [0.3, 0.4) is 0 Å². The van der Waals surface area contributed by atoms with Crippen molar-refractivity contribution in [2.75, 3.05) is 6.61 Å². The van der Waals surface area contributed by atoms with Crippen LogP contribution in [0, 0.1) is 11.3 Å². The average molecular weight is 407 g/mol. The molecule has 146 valence electrons. The van der Waals surface area contributed by atoms with Gasteiger partial charge >= 0.3 is 5.97 Å². The van der Waals surface area contributed by atoms with Gasteiger partial charge in [0.25, 0.3) is 5.56 Å². The molecule has 1 heterocycles. The van der Waals surface area contributed by atoms with Gasteiger partial charge in [0, 0.05) is 29.3 Å². The Hall–Kier alpha value is -3.36. The zero-order valence-electron chi connectivity index (χ0n) is 15.8. The van der Waals surface area contributed by atoms with Crippen molar-refractivity contribution in [2.45, 2.75) is 19.4 Å². The Morgan fingerprint density at radius 3 is 2.59 bits per heavy atom. The zero-order valence-corrected chi connectivity index (χ0v) is 16.6. The van der Waals surface area contributed by atoms with Crippen LogP contribution in [0.1, 0.15) is 24.1 Å². The number of hydrogen-bond donors (Lipinski definition) is 0. The van der Waals surface area contributed by atoms with Gasteiger partial charge in [-0.15, -0.1) is 0 Å². The third-order valence-corrected chi connectivity index (χ3v) is 4.76. The van der Waals surface area contributed by atoms with Crippen molar-refractivity contribution >= 4 is 17.6 Å². The lowest BCUT2D eigenvalue weighted by Gasteiger charge is -2.19. The molecule has 5 nitrogen and oxygen atoms in total. The average Bonchev–Trinajstić information content (AvgIpc) is 2.73. The van der Waals surface area contributed by atoms with Crippen LogP contribution in [0.25, 0.3) is 11.1 Å². The number of pyridine rings is 1. The van der Waals surface area contributed by atoms with Gasteiger partial charge in [-0.1, -0.05) is 41.9 Å². The Morgan fingerprint density at radius 2 is 1.93 bits per heavy atom. The molecule has 0 radical (unpaired) electrons. The van der Waals surface area contributed by atoms with E-state index in [4.69, 9.17) is 16.3 Å². The van der Waals surface area contributed by atoms with E-state index in [1.54, 1.807) is 37.4 Å². The Kier molecular flexibility index (Phi) is 6.48. The number of esters is 1. The third kappa shape index (κ3) is 4.74. The van der Waals surface area contributed by atoms with Crippen molar-refractivity contribution < 1.29 is 9.53 Å². The Labute approximate surface area is 173 Å². The quantitative estimate of drug-likeness (QED) is 0.569. The number of hydrogen-bond acceptors (Lipinski definition) is 4. The smallest absolute Gasteiger partial charge is 0.329 e. The van der Waals surface area contributed by atoms with Crippen molar-refractivity contribution in [3.05, 3.63) is 93.4 Å². The van der Waals surface area contributed by atoms with Gasteiger partial charge in [0.05, 0.1) is 18.2 Å². The Morgan fingerprint density at radius 1 is 1.17 bits per heavy atom. The van der Waals surface area contributed by atoms with Crippen LogP contribution in [0.2, 0.25) is 5.02 Å². The molecule has 0 bridgehead atoms. The number of aromatic nitrogens is 1. The van der Waals surface area contributed by atoms with Crippen LogP contribution in [0.4, 0.5) is 0 Å². The molecule has 0 fully saturated rings. The second-order valence-electron chi connectivity index (χ2n) is 6.42. The van der Waals surface area contributed by atoms with Crippen molar-refractivity contribution in [2.24, 2.45) is 0 Å². The normalized spacial score (nSPS) is 11.5. The molecule has 0 amide bonds. The summed E-state index contributed by atoms with van der Waals surface area (Å²) in [5.74, 6) is -0.466. The maximum atomic E-state index is 12.9. The SMILES string of the molecule is CCOC(=O)C(Cc1ccccc1)n1ccc(-c2cc(Cl)ccc2C#N)cc1=O. The standard InChI is InChI=1S/C23H19ClN2O3/c1-2-29-23(28)21(12-16-6-4-3-5-7-16)26-11-10-17(13-22(26)27)20-14-19(24)9-8-18(20)15-25/h3-11,13-14,21H,2,12H2,1H3. The molecule has 1 unspecified atom stereocenters. The molecule has 0 aliphatic rings. The summed E-state index contributed by atoms with van der Waals surface area (Å²) in [7, 11) is 0. The first kappa shape index (κ1) is 20.4. The second kappa shape index (κ2) is 9.22. The van der Waals surface area contributed by atoms with Crippen LogP contribution in [0.15, 0.2) is 71.7 Å². The molecule has 1 atom stereocenters. The van der Waals surface area contributed by atoms with E-state index in [2.05, 4.69) is 6.07 Å². The minimum atomic E-state index is -0.784. The molecular formula is C23H19ClN2O3. The monoisotopic (exact) mass is 406 g/mol. The number of carbonyl (C=O) groups excluding carboxylic acids is 1. The van der Waals surface area contributed by atoms with Crippen LogP contribution in [-0.2, 0) is 16.0 Å². The molecular weight excluding hydrogens is 388 g/mol. The molecule has 0 saturated heterocycles. The highest BCUT2D eigenvalue weighted by Gasteiger charge is 2.23. The highest BCUT2D eigenvalue weighted by Crippen LogP contribution is 2.26. The zero-order chi connectivity index (χ0) is 20.8. The van der Waals surface area contributed by atoms with E-state index in [0.717, 1.165) is 5.56 Å². The van der Waals surface area contributed by atoms with Gasteiger partial charge in [-0.25, -0.2) is 4.79 Å². The third-order valence-electron chi connectivity index (χ3n) is 4.53. The number of ether oxygens (including phenoxy) is 1. The van der Waals surface area contributed by atoms with Gasteiger partial charge < -0.3 is 9.30 Å². The fraction of sp³-hybridized carbons (Fsp3) is 0.174. The fourth-order valence-corrected chi connectivity index (χ4v) is 3.31. The number of nitriles is 1. The first-order valence-corrected chi connectivity index (χ1v) is 9.54. The van der Waals surface area contributed by atoms with Crippen molar-refractivity contribution in [3.63, 3.8) is 0 Å². The lowest BCUT2D eigenvalue weighted by molar-refractivity contribution is -0.147. The lowest BCUT2D eigenvalue weighted by Crippen LogP contribution is -2.32. The van der Waals surface area contributed by atoms with E-state index < -0.39 is 12.0 Å². The summed E-state index contributed by atoms with van der Waals surface area (Å²) in [4.78, 5) is 25.4. The maximum absolute atomic E-state index is 12.9. The summed E-state index contributed by atoms with van der Waals surface area (Å²) >= 11 is 6.06. The molecule has 0 N–H and O–H groups in total. The minimum absolute atomic E-state index is 0.227. The number of nitrogens with zero attached hydrogens (tertiary/aromatic N) is 2. The van der Waals surface area contributed by atoms with Crippen LogP contribution in [-0.4, -0.2) is 17.1 Å². The van der Waals surface area contributed by atoms with E-state index in [1.165, 1.54) is 10.6 Å². The van der Waals surface area contributed by atoms with Gasteiger partial charge in [-0.05, 0) is 42.3 Å². The van der Waals surface area contributed by atoms with Crippen LogP contribution < -0.4 is 5.56 Å². The van der Waals surface area contributed by atoms with E-state index in [0.29, 0.717) is 28.1 Å². The molecule has 2 aromatic carbocycles. The van der Waals surface area contributed by atoms with Gasteiger partial charge in [0.15, 0.2) is 0 Å². The van der Waals surface area contributed by atoms with Crippen molar-refractivity contribution in [3.8, 4) is 17.2 Å². The molecule has 3 aromatic rings. The molecule has 0 aliphatic carbocycles. The minimum Gasteiger partial charge on any atom is -0.464 e. The van der Waals surface area contributed by atoms with Crippen molar-refractivity contribution in [1.82, 2.24) is 4.57 Å². The Bertz CT molecular complexity index is 1120. The summed E-state index contributed by atoms with van der Waals surface area (Å²) in [6.45, 7) is 1.96. The molecule has 0 spiro atoms. The lowest BCUT2D eigenvalue weighted by atomic mass is 10.0. The van der Waals surface area contributed by atoms with Gasteiger partial charge in [-0.3, -0.25) is 4.79 Å². The topological polar surface area (TPSA) is 72.1 Å². The van der Waals surface area contributed by atoms with E-state index in [1.807, 2.05) is 30.3 Å². The first-order chi connectivity index (χ1) is 14.0.